The third-order valence-corrected chi connectivity index (χ3v) is 2.91. The number of amides is 1. The van der Waals surface area contributed by atoms with E-state index >= 15 is 0 Å². The number of nitrogens with one attached hydrogen (secondary N) is 3. The Kier molecular flexibility index (Phi) is 10.4. The van der Waals surface area contributed by atoms with Crippen molar-refractivity contribution in [1.29, 1.82) is 0 Å². The molecule has 0 saturated heterocycles. The molecule has 0 heterocycles. The molecule has 25 heavy (non-hydrogen) atoms. The first-order chi connectivity index (χ1) is 11.2. The Morgan fingerprint density at radius 2 is 1.96 bits per heavy atom. The first kappa shape index (κ1) is 23.4. The van der Waals surface area contributed by atoms with Crippen LogP contribution >= 0.6 is 24.0 Å². The van der Waals surface area contributed by atoms with E-state index in [0.717, 1.165) is 0 Å². The van der Waals surface area contributed by atoms with Crippen molar-refractivity contribution < 1.29 is 13.9 Å². The van der Waals surface area contributed by atoms with Crippen LogP contribution in [0.3, 0.4) is 0 Å². The van der Waals surface area contributed by atoms with Crippen LogP contribution in [0.15, 0.2) is 23.2 Å². The number of methoxy groups -OCH3 is 1. The molecule has 1 aromatic rings. The van der Waals surface area contributed by atoms with Gasteiger partial charge < -0.3 is 20.7 Å². The summed E-state index contributed by atoms with van der Waals surface area (Å²) in [7, 11) is 1.42. The van der Waals surface area contributed by atoms with Crippen molar-refractivity contribution >= 4 is 35.8 Å². The maximum absolute atomic E-state index is 13.7. The number of carbonyl (C=O) groups is 1. The molecule has 8 heteroatoms. The lowest BCUT2D eigenvalue weighted by atomic mass is 10.1. The highest BCUT2D eigenvalue weighted by Crippen LogP contribution is 2.17. The van der Waals surface area contributed by atoms with Gasteiger partial charge in [-0.25, -0.2) is 9.38 Å². The molecule has 1 rings (SSSR count). The molecule has 6 nitrogen and oxygen atoms in total. The Bertz CT molecular complexity index is 589. The standard InChI is InChI=1S/C17H27FN4O2.HI/c1-6-19-16(21-11-15(23)22-17(2,3)4)20-10-12-7-8-14(24-5)13(18)9-12;/h7-9H,6,10-11H2,1-5H3,(H,22,23)(H2,19,20,21);1H. The number of nitrogens with zero attached hydrogens (tertiary/aromatic N) is 1. The van der Waals surface area contributed by atoms with Crippen LogP contribution in [-0.4, -0.2) is 37.6 Å². The van der Waals surface area contributed by atoms with Gasteiger partial charge in [0.1, 0.15) is 0 Å². The lowest BCUT2D eigenvalue weighted by molar-refractivity contribution is -0.121. The number of benzene rings is 1. The molecule has 142 valence electrons. The Labute approximate surface area is 166 Å². The second-order valence-corrected chi connectivity index (χ2v) is 6.32. The molecule has 0 fully saturated rings. The van der Waals surface area contributed by atoms with E-state index in [9.17, 15) is 9.18 Å². The number of carbonyl (C=O) groups excluding carboxylic acids is 1. The summed E-state index contributed by atoms with van der Waals surface area (Å²) < 4.78 is 18.6. The normalized spacial score (nSPS) is 11.4. The maximum atomic E-state index is 13.7. The molecule has 0 aliphatic rings. The van der Waals surface area contributed by atoms with E-state index in [1.165, 1.54) is 13.2 Å². The average Bonchev–Trinajstić information content (AvgIpc) is 2.48. The van der Waals surface area contributed by atoms with Crippen molar-refractivity contribution in [2.24, 2.45) is 4.99 Å². The Hall–Kier alpha value is -1.58. The molecule has 0 atom stereocenters. The number of guanidine groups is 1. The molecule has 1 aromatic carbocycles. The van der Waals surface area contributed by atoms with Crippen molar-refractivity contribution in [1.82, 2.24) is 16.0 Å². The van der Waals surface area contributed by atoms with Gasteiger partial charge >= 0.3 is 0 Å². The molecule has 0 bridgehead atoms. The minimum Gasteiger partial charge on any atom is -0.494 e. The van der Waals surface area contributed by atoms with Crippen LogP contribution in [0.5, 0.6) is 5.75 Å². The highest BCUT2D eigenvalue weighted by Gasteiger charge is 2.13. The predicted molar refractivity (Wildman–Crippen MR) is 109 cm³/mol. The van der Waals surface area contributed by atoms with Gasteiger partial charge in [0, 0.05) is 12.1 Å². The second kappa shape index (κ2) is 11.1. The third kappa shape index (κ3) is 9.47. The summed E-state index contributed by atoms with van der Waals surface area (Å²) in [4.78, 5) is 16.2. The average molecular weight is 466 g/mol. The van der Waals surface area contributed by atoms with Gasteiger partial charge in [0.15, 0.2) is 17.5 Å². The smallest absolute Gasteiger partial charge is 0.239 e. The summed E-state index contributed by atoms with van der Waals surface area (Å²) in [5.74, 6) is 0.153. The molecular weight excluding hydrogens is 438 g/mol. The second-order valence-electron chi connectivity index (χ2n) is 6.32. The Morgan fingerprint density at radius 3 is 2.48 bits per heavy atom. The first-order valence-electron chi connectivity index (χ1n) is 7.90. The van der Waals surface area contributed by atoms with E-state index in [1.54, 1.807) is 12.1 Å². The highest BCUT2D eigenvalue weighted by atomic mass is 127. The summed E-state index contributed by atoms with van der Waals surface area (Å²) in [5, 5.41) is 8.87. The molecule has 0 aliphatic heterocycles. The molecule has 0 radical (unpaired) electrons. The summed E-state index contributed by atoms with van der Waals surface area (Å²) in [6.45, 7) is 8.74. The fraction of sp³-hybridized carbons (Fsp3) is 0.529. The van der Waals surface area contributed by atoms with Gasteiger partial charge in [-0.1, -0.05) is 6.07 Å². The molecule has 1 amide bonds. The van der Waals surface area contributed by atoms with Crippen LogP contribution in [0.1, 0.15) is 33.3 Å². The van der Waals surface area contributed by atoms with E-state index < -0.39 is 5.82 Å². The fourth-order valence-electron chi connectivity index (χ4n) is 1.95. The van der Waals surface area contributed by atoms with Crippen LogP contribution in [0.2, 0.25) is 0 Å². The number of hydrogen-bond acceptors (Lipinski definition) is 3. The van der Waals surface area contributed by atoms with Crippen LogP contribution in [0, 0.1) is 5.82 Å². The van der Waals surface area contributed by atoms with Crippen LogP contribution < -0.4 is 20.7 Å². The minimum absolute atomic E-state index is 0. The Morgan fingerprint density at radius 1 is 1.28 bits per heavy atom. The van der Waals surface area contributed by atoms with Gasteiger partial charge in [0.25, 0.3) is 0 Å². The van der Waals surface area contributed by atoms with E-state index in [0.29, 0.717) is 18.1 Å². The lowest BCUT2D eigenvalue weighted by Crippen LogP contribution is -2.48. The zero-order valence-electron chi connectivity index (χ0n) is 15.4. The van der Waals surface area contributed by atoms with E-state index in [1.807, 2.05) is 27.7 Å². The van der Waals surface area contributed by atoms with E-state index in [-0.39, 0.29) is 54.3 Å². The number of rotatable bonds is 6. The van der Waals surface area contributed by atoms with Crippen LogP contribution in [0.4, 0.5) is 4.39 Å². The van der Waals surface area contributed by atoms with Gasteiger partial charge in [-0.15, -0.1) is 24.0 Å². The number of halogens is 2. The number of aliphatic imine (C=N–C) groups is 1. The monoisotopic (exact) mass is 466 g/mol. The van der Waals surface area contributed by atoms with Gasteiger partial charge in [0.05, 0.1) is 20.2 Å². The summed E-state index contributed by atoms with van der Waals surface area (Å²) >= 11 is 0. The topological polar surface area (TPSA) is 74.8 Å². The third-order valence-electron chi connectivity index (χ3n) is 2.91. The van der Waals surface area contributed by atoms with Crippen molar-refractivity contribution in [3.05, 3.63) is 29.6 Å². The van der Waals surface area contributed by atoms with Crippen molar-refractivity contribution in [3.8, 4) is 5.75 Å². The SMILES string of the molecule is CCNC(=NCc1ccc(OC)c(F)c1)NCC(=O)NC(C)(C)C.I. The summed E-state index contributed by atoms with van der Waals surface area (Å²) in [5.41, 5.74) is 0.430. The molecule has 0 unspecified atom stereocenters. The quantitative estimate of drug-likeness (QED) is 0.342. The van der Waals surface area contributed by atoms with Gasteiger partial charge in [-0.2, -0.15) is 0 Å². The minimum atomic E-state index is -0.423. The van der Waals surface area contributed by atoms with Gasteiger partial charge in [-0.3, -0.25) is 4.79 Å². The summed E-state index contributed by atoms with van der Waals surface area (Å²) in [6, 6.07) is 4.71. The molecule has 0 aliphatic carbocycles. The van der Waals surface area contributed by atoms with Crippen molar-refractivity contribution in [2.45, 2.75) is 39.8 Å². The molecular formula is C17H28FIN4O2. The van der Waals surface area contributed by atoms with Crippen molar-refractivity contribution in [2.75, 3.05) is 20.2 Å². The molecule has 0 spiro atoms. The first-order valence-corrected chi connectivity index (χ1v) is 7.90. The van der Waals surface area contributed by atoms with Gasteiger partial charge in [-0.05, 0) is 45.4 Å². The highest BCUT2D eigenvalue weighted by molar-refractivity contribution is 14.0. The fourth-order valence-corrected chi connectivity index (χ4v) is 1.95. The molecule has 0 aromatic heterocycles. The molecule has 0 saturated carbocycles. The predicted octanol–water partition coefficient (Wildman–Crippen LogP) is 2.42. The van der Waals surface area contributed by atoms with Crippen molar-refractivity contribution in [3.63, 3.8) is 0 Å². The van der Waals surface area contributed by atoms with Gasteiger partial charge in [0.2, 0.25) is 5.91 Å². The van der Waals surface area contributed by atoms with E-state index in [2.05, 4.69) is 20.9 Å². The zero-order chi connectivity index (χ0) is 18.2. The summed E-state index contributed by atoms with van der Waals surface area (Å²) in [6.07, 6.45) is 0. The van der Waals surface area contributed by atoms with Crippen LogP contribution in [0.25, 0.3) is 0 Å². The zero-order valence-corrected chi connectivity index (χ0v) is 17.7. The largest absolute Gasteiger partial charge is 0.494 e. The Balaban J connectivity index is 0.00000576. The number of hydrogen-bond donors (Lipinski definition) is 3. The number of ether oxygens (including phenoxy) is 1. The lowest BCUT2D eigenvalue weighted by Gasteiger charge is -2.21. The maximum Gasteiger partial charge on any atom is 0.239 e. The van der Waals surface area contributed by atoms with E-state index in [4.69, 9.17) is 4.74 Å². The molecule has 3 N–H and O–H groups in total. The van der Waals surface area contributed by atoms with Crippen LogP contribution in [-0.2, 0) is 11.3 Å².